The number of nitrogens with one attached hydrogen (secondary N) is 4. The average molecular weight is 422 g/mol. The number of hydrogen-bond acceptors (Lipinski definition) is 7. The molecule has 1 saturated heterocycles. The van der Waals surface area contributed by atoms with Gasteiger partial charge in [-0.05, 0) is 24.3 Å². The van der Waals surface area contributed by atoms with E-state index in [2.05, 4.69) is 40.8 Å². The molecule has 1 aliphatic rings. The van der Waals surface area contributed by atoms with Crippen molar-refractivity contribution in [2.24, 2.45) is 0 Å². The van der Waals surface area contributed by atoms with Gasteiger partial charge in [0.1, 0.15) is 11.6 Å². The Hall–Kier alpha value is -3.79. The molecule has 1 fully saturated rings. The molecule has 4 N–H and O–H groups in total. The van der Waals surface area contributed by atoms with Crippen LogP contribution in [0.2, 0.25) is 0 Å². The quantitative estimate of drug-likeness (QED) is 0.391. The van der Waals surface area contributed by atoms with E-state index in [0.29, 0.717) is 28.8 Å². The van der Waals surface area contributed by atoms with Crippen LogP contribution in [0.3, 0.4) is 0 Å². The van der Waals surface area contributed by atoms with Crippen LogP contribution in [0.4, 0.5) is 37.7 Å². The number of anilines is 5. The molecule has 31 heavy (non-hydrogen) atoms. The van der Waals surface area contributed by atoms with Crippen LogP contribution in [0.5, 0.6) is 0 Å². The summed E-state index contributed by atoms with van der Waals surface area (Å²) in [4.78, 5) is 18.7. The van der Waals surface area contributed by atoms with E-state index < -0.39 is 11.6 Å². The van der Waals surface area contributed by atoms with Crippen LogP contribution in [-0.4, -0.2) is 46.1 Å². The number of pyridine rings is 2. The summed E-state index contributed by atoms with van der Waals surface area (Å²) in [6.07, 6.45) is 3.47. The first-order valence-corrected chi connectivity index (χ1v) is 9.91. The Morgan fingerprint density at radius 1 is 0.871 bits per heavy atom. The molecule has 0 unspecified atom stereocenters. The second-order valence-electron chi connectivity index (χ2n) is 7.19. The maximum absolute atomic E-state index is 13.4. The lowest BCUT2D eigenvalue weighted by Crippen LogP contribution is -2.43. The topological polar surface area (TPSA) is 93.8 Å². The second-order valence-corrected chi connectivity index (χ2v) is 7.19. The summed E-state index contributed by atoms with van der Waals surface area (Å²) in [6.45, 7) is 3.87. The molecule has 1 aromatic carbocycles. The second kappa shape index (κ2) is 8.15. The first-order chi connectivity index (χ1) is 15.1. The molecule has 158 valence electrons. The van der Waals surface area contributed by atoms with Crippen molar-refractivity contribution in [3.05, 3.63) is 60.4 Å². The van der Waals surface area contributed by atoms with Crippen LogP contribution in [0.25, 0.3) is 11.0 Å². The number of aromatic nitrogens is 4. The molecule has 0 spiro atoms. The number of halogens is 2. The van der Waals surface area contributed by atoms with E-state index in [4.69, 9.17) is 0 Å². The fourth-order valence-electron chi connectivity index (χ4n) is 3.45. The van der Waals surface area contributed by atoms with Crippen LogP contribution in [0, 0.1) is 11.6 Å². The van der Waals surface area contributed by atoms with E-state index >= 15 is 0 Å². The largest absolute Gasteiger partial charge is 0.368 e. The minimum absolute atomic E-state index is 0.397. The Balaban J connectivity index is 1.30. The Bertz CT molecular complexity index is 1200. The molecule has 0 bridgehead atoms. The number of H-pyrrole nitrogens is 1. The number of benzene rings is 1. The van der Waals surface area contributed by atoms with Crippen LogP contribution < -0.4 is 20.9 Å². The van der Waals surface area contributed by atoms with Gasteiger partial charge in [-0.25, -0.2) is 23.7 Å². The van der Waals surface area contributed by atoms with Gasteiger partial charge < -0.3 is 25.8 Å². The summed E-state index contributed by atoms with van der Waals surface area (Å²) in [6, 6.07) is 9.26. The molecule has 5 rings (SSSR count). The van der Waals surface area contributed by atoms with Gasteiger partial charge in [0.05, 0.1) is 29.1 Å². The highest BCUT2D eigenvalue weighted by molar-refractivity contribution is 5.80. The number of fused-ring (bicyclic) bond motifs is 1. The molecule has 0 atom stereocenters. The SMILES string of the molecule is Fc1ccc(Nc2cc3nc(Nc4ccc(N5CCNCC5)cn4)[nH]c3cn2)cc1F. The smallest absolute Gasteiger partial charge is 0.206 e. The first kappa shape index (κ1) is 19.2. The van der Waals surface area contributed by atoms with Gasteiger partial charge in [0.25, 0.3) is 0 Å². The van der Waals surface area contributed by atoms with Crippen molar-refractivity contribution in [3.63, 3.8) is 0 Å². The number of rotatable bonds is 5. The first-order valence-electron chi connectivity index (χ1n) is 9.91. The van der Waals surface area contributed by atoms with Gasteiger partial charge in [0.2, 0.25) is 5.95 Å². The fraction of sp³-hybridized carbons (Fsp3) is 0.190. The molecule has 0 saturated carbocycles. The molecular weight excluding hydrogens is 402 g/mol. The van der Waals surface area contributed by atoms with Crippen molar-refractivity contribution in [1.29, 1.82) is 0 Å². The summed E-state index contributed by atoms with van der Waals surface area (Å²) < 4.78 is 26.5. The van der Waals surface area contributed by atoms with Gasteiger partial charge in [-0.3, -0.25) is 0 Å². The van der Waals surface area contributed by atoms with Gasteiger partial charge in [-0.1, -0.05) is 0 Å². The Morgan fingerprint density at radius 2 is 1.71 bits per heavy atom. The molecule has 3 aromatic heterocycles. The molecule has 4 aromatic rings. The Morgan fingerprint density at radius 3 is 2.48 bits per heavy atom. The van der Waals surface area contributed by atoms with Crippen LogP contribution in [0.15, 0.2) is 48.8 Å². The molecule has 10 heteroatoms. The zero-order valence-electron chi connectivity index (χ0n) is 16.5. The Kier molecular flexibility index (Phi) is 5.04. The predicted molar refractivity (Wildman–Crippen MR) is 116 cm³/mol. The molecule has 8 nitrogen and oxygen atoms in total. The molecule has 1 aliphatic heterocycles. The number of hydrogen-bond donors (Lipinski definition) is 4. The number of piperazine rings is 1. The molecule has 0 aliphatic carbocycles. The Labute approximate surface area is 176 Å². The van der Waals surface area contributed by atoms with Crippen LogP contribution in [0.1, 0.15) is 0 Å². The van der Waals surface area contributed by atoms with E-state index in [1.807, 2.05) is 18.3 Å². The number of imidazole rings is 1. The zero-order chi connectivity index (χ0) is 21.2. The third-order valence-electron chi connectivity index (χ3n) is 5.04. The lowest BCUT2D eigenvalue weighted by Gasteiger charge is -2.29. The van der Waals surface area contributed by atoms with Gasteiger partial charge in [-0.15, -0.1) is 0 Å². The normalized spacial score (nSPS) is 14.1. The van der Waals surface area contributed by atoms with Crippen molar-refractivity contribution >= 4 is 40.0 Å². The highest BCUT2D eigenvalue weighted by Crippen LogP contribution is 2.23. The minimum Gasteiger partial charge on any atom is -0.368 e. The number of nitrogens with zero attached hydrogens (tertiary/aromatic N) is 4. The van der Waals surface area contributed by atoms with E-state index in [1.54, 1.807) is 12.3 Å². The highest BCUT2D eigenvalue weighted by Gasteiger charge is 2.11. The van der Waals surface area contributed by atoms with Crippen molar-refractivity contribution in [1.82, 2.24) is 25.3 Å². The third kappa shape index (κ3) is 4.24. The molecule has 4 heterocycles. The monoisotopic (exact) mass is 422 g/mol. The summed E-state index contributed by atoms with van der Waals surface area (Å²) >= 11 is 0. The molecule has 0 radical (unpaired) electrons. The highest BCUT2D eigenvalue weighted by atomic mass is 19.2. The zero-order valence-corrected chi connectivity index (χ0v) is 16.5. The van der Waals surface area contributed by atoms with Gasteiger partial charge in [0, 0.05) is 44.0 Å². The summed E-state index contributed by atoms with van der Waals surface area (Å²) in [5.74, 6) is -0.148. The van der Waals surface area contributed by atoms with E-state index in [1.165, 1.54) is 6.07 Å². The fourth-order valence-corrected chi connectivity index (χ4v) is 3.45. The van der Waals surface area contributed by atoms with Crippen LogP contribution in [-0.2, 0) is 0 Å². The lowest BCUT2D eigenvalue weighted by molar-refractivity contribution is 0.509. The number of aromatic amines is 1. The van der Waals surface area contributed by atoms with E-state index in [9.17, 15) is 8.78 Å². The summed E-state index contributed by atoms with van der Waals surface area (Å²) in [5, 5.41) is 9.44. The van der Waals surface area contributed by atoms with E-state index in [-0.39, 0.29) is 0 Å². The maximum atomic E-state index is 13.4. The lowest BCUT2D eigenvalue weighted by atomic mass is 10.3. The average Bonchev–Trinajstić information content (AvgIpc) is 3.19. The van der Waals surface area contributed by atoms with E-state index in [0.717, 1.165) is 49.5 Å². The van der Waals surface area contributed by atoms with Crippen molar-refractivity contribution < 1.29 is 8.78 Å². The standard InChI is InChI=1S/C21H20F2N8/c22-15-3-1-13(9-16(15)23)27-20-10-17-18(12-26-20)29-21(28-17)30-19-4-2-14(11-25-19)31-7-5-24-6-8-31/h1-4,9-12,24H,5-8H2,(H,26,27)(H2,25,28,29,30). The van der Waals surface area contributed by atoms with Gasteiger partial charge >= 0.3 is 0 Å². The summed E-state index contributed by atoms with van der Waals surface area (Å²) in [7, 11) is 0. The molecule has 0 amide bonds. The summed E-state index contributed by atoms with van der Waals surface area (Å²) in [5.41, 5.74) is 2.89. The minimum atomic E-state index is -0.923. The predicted octanol–water partition coefficient (Wildman–Crippen LogP) is 3.53. The van der Waals surface area contributed by atoms with Gasteiger partial charge in [0.15, 0.2) is 11.6 Å². The third-order valence-corrected chi connectivity index (χ3v) is 5.04. The van der Waals surface area contributed by atoms with Crippen molar-refractivity contribution in [2.75, 3.05) is 41.7 Å². The van der Waals surface area contributed by atoms with Crippen molar-refractivity contribution in [2.45, 2.75) is 0 Å². The van der Waals surface area contributed by atoms with Gasteiger partial charge in [-0.2, -0.15) is 0 Å². The van der Waals surface area contributed by atoms with Crippen LogP contribution >= 0.6 is 0 Å². The molecular formula is C21H20F2N8. The van der Waals surface area contributed by atoms with Crippen molar-refractivity contribution in [3.8, 4) is 0 Å². The maximum Gasteiger partial charge on any atom is 0.206 e.